The molecule has 3 rings (SSSR count). The molecule has 0 bridgehead atoms. The van der Waals surface area contributed by atoms with Gasteiger partial charge in [0.2, 0.25) is 5.91 Å². The predicted molar refractivity (Wildman–Crippen MR) is 93.8 cm³/mol. The number of fused-ring (bicyclic) bond motifs is 1. The molecule has 0 radical (unpaired) electrons. The maximum atomic E-state index is 12.7. The van der Waals surface area contributed by atoms with Crippen LogP contribution < -0.4 is 4.90 Å². The van der Waals surface area contributed by atoms with Gasteiger partial charge in [-0.1, -0.05) is 12.1 Å². The van der Waals surface area contributed by atoms with Crippen LogP contribution in [0.2, 0.25) is 0 Å². The Kier molecular flexibility index (Phi) is 4.75. The number of pyridine rings is 1. The van der Waals surface area contributed by atoms with E-state index in [0.29, 0.717) is 6.42 Å². The van der Waals surface area contributed by atoms with E-state index in [4.69, 9.17) is 0 Å². The van der Waals surface area contributed by atoms with Gasteiger partial charge in [0.15, 0.2) is 0 Å². The van der Waals surface area contributed by atoms with Crippen molar-refractivity contribution in [2.75, 3.05) is 11.4 Å². The monoisotopic (exact) mass is 308 g/mol. The fourth-order valence-electron chi connectivity index (χ4n) is 3.44. The standard InChI is InChI=1S/C20H24N2O/c1-15-13-16(2)18-9-6-12-22(19(18)14-15)20(23)10-5-8-17-7-3-4-11-21-17/h3-4,7,11,13-14H,5-6,8-10,12H2,1-2H3. The number of hydrogen-bond donors (Lipinski definition) is 0. The summed E-state index contributed by atoms with van der Waals surface area (Å²) < 4.78 is 0. The van der Waals surface area contributed by atoms with Crippen LogP contribution in [0.25, 0.3) is 0 Å². The average molecular weight is 308 g/mol. The number of benzene rings is 1. The Bertz CT molecular complexity index is 694. The first-order valence-corrected chi connectivity index (χ1v) is 8.45. The third kappa shape index (κ3) is 3.61. The van der Waals surface area contributed by atoms with E-state index in [1.54, 1.807) is 0 Å². The molecule has 3 nitrogen and oxygen atoms in total. The van der Waals surface area contributed by atoms with Gasteiger partial charge in [-0.3, -0.25) is 9.78 Å². The Balaban J connectivity index is 1.67. The third-order valence-corrected chi connectivity index (χ3v) is 4.54. The molecule has 2 aromatic rings. The number of aryl methyl sites for hydroxylation is 3. The molecule has 1 aromatic heterocycles. The number of anilines is 1. The van der Waals surface area contributed by atoms with Crippen LogP contribution in [0.4, 0.5) is 5.69 Å². The largest absolute Gasteiger partial charge is 0.312 e. The highest BCUT2D eigenvalue weighted by Crippen LogP contribution is 2.31. The fraction of sp³-hybridized carbons (Fsp3) is 0.400. The smallest absolute Gasteiger partial charge is 0.226 e. The van der Waals surface area contributed by atoms with E-state index >= 15 is 0 Å². The molecule has 120 valence electrons. The van der Waals surface area contributed by atoms with E-state index in [1.165, 1.54) is 16.7 Å². The number of hydrogen-bond acceptors (Lipinski definition) is 2. The highest BCUT2D eigenvalue weighted by Gasteiger charge is 2.23. The first-order chi connectivity index (χ1) is 11.1. The molecule has 1 amide bonds. The van der Waals surface area contributed by atoms with Gasteiger partial charge in [0.05, 0.1) is 0 Å². The average Bonchev–Trinajstić information content (AvgIpc) is 2.55. The number of carbonyl (C=O) groups is 1. The minimum Gasteiger partial charge on any atom is -0.312 e. The maximum Gasteiger partial charge on any atom is 0.226 e. The highest BCUT2D eigenvalue weighted by atomic mass is 16.2. The minimum absolute atomic E-state index is 0.242. The molecule has 0 saturated carbocycles. The summed E-state index contributed by atoms with van der Waals surface area (Å²) in [5.74, 6) is 0.242. The van der Waals surface area contributed by atoms with E-state index in [9.17, 15) is 4.79 Å². The molecule has 0 unspecified atom stereocenters. The van der Waals surface area contributed by atoms with Crippen LogP contribution in [-0.2, 0) is 17.6 Å². The van der Waals surface area contributed by atoms with Gasteiger partial charge in [0, 0.05) is 30.5 Å². The van der Waals surface area contributed by atoms with Gasteiger partial charge in [-0.2, -0.15) is 0 Å². The van der Waals surface area contributed by atoms with Crippen LogP contribution in [0, 0.1) is 13.8 Å². The lowest BCUT2D eigenvalue weighted by Gasteiger charge is -2.31. The first kappa shape index (κ1) is 15.7. The van der Waals surface area contributed by atoms with Crippen LogP contribution in [-0.4, -0.2) is 17.4 Å². The molecule has 3 heteroatoms. The highest BCUT2D eigenvalue weighted by molar-refractivity contribution is 5.94. The van der Waals surface area contributed by atoms with E-state index in [0.717, 1.165) is 43.6 Å². The van der Waals surface area contributed by atoms with E-state index in [2.05, 4.69) is 31.0 Å². The second kappa shape index (κ2) is 6.95. The van der Waals surface area contributed by atoms with E-state index < -0.39 is 0 Å². The molecule has 0 spiro atoms. The number of amides is 1. The van der Waals surface area contributed by atoms with Gasteiger partial charge in [-0.15, -0.1) is 0 Å². The van der Waals surface area contributed by atoms with Crippen molar-refractivity contribution in [3.63, 3.8) is 0 Å². The Morgan fingerprint density at radius 1 is 1.26 bits per heavy atom. The van der Waals surface area contributed by atoms with Gasteiger partial charge in [-0.05, 0) is 74.4 Å². The summed E-state index contributed by atoms with van der Waals surface area (Å²) in [6.07, 6.45) is 6.25. The lowest BCUT2D eigenvalue weighted by atomic mass is 9.94. The Morgan fingerprint density at radius 3 is 2.91 bits per heavy atom. The summed E-state index contributed by atoms with van der Waals surface area (Å²) in [6.45, 7) is 5.10. The summed E-state index contributed by atoms with van der Waals surface area (Å²) in [7, 11) is 0. The molecule has 0 aliphatic carbocycles. The molecule has 2 heterocycles. The lowest BCUT2D eigenvalue weighted by molar-refractivity contribution is -0.118. The summed E-state index contributed by atoms with van der Waals surface area (Å²) in [6, 6.07) is 10.3. The number of nitrogens with zero attached hydrogens (tertiary/aromatic N) is 2. The minimum atomic E-state index is 0.242. The molecule has 0 N–H and O–H groups in total. The van der Waals surface area contributed by atoms with Gasteiger partial charge < -0.3 is 4.90 Å². The second-order valence-electron chi connectivity index (χ2n) is 6.40. The van der Waals surface area contributed by atoms with Crippen LogP contribution in [0.15, 0.2) is 36.5 Å². The molecule has 0 saturated heterocycles. The zero-order chi connectivity index (χ0) is 16.2. The SMILES string of the molecule is Cc1cc(C)c2c(c1)N(C(=O)CCCc1ccccn1)CCC2. The van der Waals surface area contributed by atoms with Crippen LogP contribution in [0.5, 0.6) is 0 Å². The van der Waals surface area contributed by atoms with Crippen molar-refractivity contribution < 1.29 is 4.79 Å². The summed E-state index contributed by atoms with van der Waals surface area (Å²) >= 11 is 0. The van der Waals surface area contributed by atoms with Crippen molar-refractivity contribution in [2.45, 2.75) is 46.0 Å². The van der Waals surface area contributed by atoms with Crippen molar-refractivity contribution in [1.29, 1.82) is 0 Å². The number of carbonyl (C=O) groups excluding carboxylic acids is 1. The predicted octanol–water partition coefficient (Wildman–Crippen LogP) is 4.00. The normalized spacial score (nSPS) is 13.7. The van der Waals surface area contributed by atoms with Crippen molar-refractivity contribution in [3.8, 4) is 0 Å². The summed E-state index contributed by atoms with van der Waals surface area (Å²) in [5.41, 5.74) is 6.09. The zero-order valence-electron chi connectivity index (χ0n) is 14.0. The fourth-order valence-corrected chi connectivity index (χ4v) is 3.44. The van der Waals surface area contributed by atoms with Crippen molar-refractivity contribution in [2.24, 2.45) is 0 Å². The number of aromatic nitrogens is 1. The van der Waals surface area contributed by atoms with E-state index in [1.807, 2.05) is 29.3 Å². The molecule has 0 atom stereocenters. The van der Waals surface area contributed by atoms with Crippen molar-refractivity contribution >= 4 is 11.6 Å². The van der Waals surface area contributed by atoms with Crippen LogP contribution in [0.1, 0.15) is 41.6 Å². The van der Waals surface area contributed by atoms with E-state index in [-0.39, 0.29) is 5.91 Å². The molecule has 1 aliphatic heterocycles. The summed E-state index contributed by atoms with van der Waals surface area (Å²) in [5, 5.41) is 0. The first-order valence-electron chi connectivity index (χ1n) is 8.45. The van der Waals surface area contributed by atoms with Gasteiger partial charge in [-0.25, -0.2) is 0 Å². The molecule has 23 heavy (non-hydrogen) atoms. The Labute approximate surface area is 138 Å². The second-order valence-corrected chi connectivity index (χ2v) is 6.40. The van der Waals surface area contributed by atoms with Crippen LogP contribution >= 0.6 is 0 Å². The molecular weight excluding hydrogens is 284 g/mol. The number of rotatable bonds is 4. The van der Waals surface area contributed by atoms with Crippen LogP contribution in [0.3, 0.4) is 0 Å². The topological polar surface area (TPSA) is 33.2 Å². The molecule has 1 aliphatic rings. The third-order valence-electron chi connectivity index (χ3n) is 4.54. The van der Waals surface area contributed by atoms with Gasteiger partial charge >= 0.3 is 0 Å². The Hall–Kier alpha value is -2.16. The lowest BCUT2D eigenvalue weighted by Crippen LogP contribution is -2.35. The molecular formula is C20H24N2O. The molecule has 1 aromatic carbocycles. The zero-order valence-corrected chi connectivity index (χ0v) is 14.0. The maximum absolute atomic E-state index is 12.7. The van der Waals surface area contributed by atoms with Gasteiger partial charge in [0.1, 0.15) is 0 Å². The molecule has 0 fully saturated rings. The Morgan fingerprint density at radius 2 is 2.13 bits per heavy atom. The summed E-state index contributed by atoms with van der Waals surface area (Å²) in [4.78, 5) is 19.0. The van der Waals surface area contributed by atoms with Crippen molar-refractivity contribution in [3.05, 3.63) is 58.9 Å². The quantitative estimate of drug-likeness (QED) is 0.855. The van der Waals surface area contributed by atoms with Gasteiger partial charge in [0.25, 0.3) is 0 Å². The van der Waals surface area contributed by atoms with Crippen molar-refractivity contribution in [1.82, 2.24) is 4.98 Å².